The molecule has 1 aliphatic rings. The van der Waals surface area contributed by atoms with Gasteiger partial charge in [0.15, 0.2) is 0 Å². The number of sulfonamides is 2. The highest BCUT2D eigenvalue weighted by Gasteiger charge is 2.39. The van der Waals surface area contributed by atoms with Gasteiger partial charge >= 0.3 is 6.09 Å². The van der Waals surface area contributed by atoms with Crippen molar-refractivity contribution in [3.63, 3.8) is 0 Å². The Morgan fingerprint density at radius 2 is 1.36 bits per heavy atom. The molecule has 16 nitrogen and oxygen atoms in total. The monoisotopic (exact) mass is 903 g/mol. The molecular formula is C36H38IN7O9S2. The molecule has 2 N–H and O–H groups in total. The average molecular weight is 904 g/mol. The van der Waals surface area contributed by atoms with E-state index >= 15 is 8.42 Å². The highest BCUT2D eigenvalue weighted by molar-refractivity contribution is 14.1. The summed E-state index contributed by atoms with van der Waals surface area (Å²) < 4.78 is 79.3. The molecule has 1 amide bonds. The molecule has 1 aliphatic heterocycles. The lowest BCUT2D eigenvalue weighted by Crippen LogP contribution is -2.39. The molecule has 2 heterocycles. The number of hydrogen-bond acceptors (Lipinski definition) is 11. The minimum absolute atomic E-state index is 0.0579. The van der Waals surface area contributed by atoms with Crippen LogP contribution in [0, 0.1) is 3.57 Å². The van der Waals surface area contributed by atoms with Gasteiger partial charge in [-0.2, -0.15) is 9.10 Å². The van der Waals surface area contributed by atoms with Gasteiger partial charge in [-0.15, -0.1) is 10.2 Å². The number of nitrogens with one attached hydrogen (secondary N) is 1. The van der Waals surface area contributed by atoms with Crippen molar-refractivity contribution in [1.29, 1.82) is 0 Å². The number of hydrogen-bond donors (Lipinski definition) is 2. The number of ether oxygens (including phenoxy) is 3. The van der Waals surface area contributed by atoms with Gasteiger partial charge in [0.05, 0.1) is 33.4 Å². The highest BCUT2D eigenvalue weighted by atomic mass is 127. The summed E-state index contributed by atoms with van der Waals surface area (Å²) in [4.78, 5) is 12.9. The van der Waals surface area contributed by atoms with Crippen LogP contribution in [0.25, 0.3) is 11.4 Å². The molecule has 0 bridgehead atoms. The van der Waals surface area contributed by atoms with Crippen molar-refractivity contribution in [1.82, 2.24) is 34.1 Å². The number of carbonyl (C=O) groups is 1. The van der Waals surface area contributed by atoms with Gasteiger partial charge in [0.25, 0.3) is 0 Å². The molecule has 0 spiro atoms. The van der Waals surface area contributed by atoms with Gasteiger partial charge < -0.3 is 24.2 Å². The molecule has 1 atom stereocenters. The number of rotatable bonds is 15. The van der Waals surface area contributed by atoms with Crippen LogP contribution in [0.15, 0.2) is 94.7 Å². The van der Waals surface area contributed by atoms with E-state index in [1.807, 2.05) is 34.7 Å². The van der Waals surface area contributed by atoms with Crippen LogP contribution in [-0.2, 0) is 39.7 Å². The molecular weight excluding hydrogens is 865 g/mol. The van der Waals surface area contributed by atoms with E-state index in [9.17, 15) is 18.3 Å². The summed E-state index contributed by atoms with van der Waals surface area (Å²) in [5.74, 6) is 1.70. The lowest BCUT2D eigenvalue weighted by Gasteiger charge is -2.26. The molecule has 4 aromatic carbocycles. The Morgan fingerprint density at radius 1 is 0.836 bits per heavy atom. The Balaban J connectivity index is 1.49. The van der Waals surface area contributed by atoms with Crippen molar-refractivity contribution in [2.45, 2.75) is 41.9 Å². The first-order chi connectivity index (χ1) is 26.3. The summed E-state index contributed by atoms with van der Waals surface area (Å²) in [6, 6.07) is 22.8. The van der Waals surface area contributed by atoms with Gasteiger partial charge in [-0.25, -0.2) is 26.4 Å². The van der Waals surface area contributed by atoms with Gasteiger partial charge in [-0.1, -0.05) is 36.4 Å². The molecule has 0 saturated carbocycles. The second-order valence-electron chi connectivity index (χ2n) is 12.5. The first kappa shape index (κ1) is 39.9. The minimum atomic E-state index is -4.75. The molecule has 5 aromatic rings. The predicted octanol–water partition coefficient (Wildman–Crippen LogP) is 4.44. The summed E-state index contributed by atoms with van der Waals surface area (Å²) in [5, 5.41) is 22.4. The summed E-state index contributed by atoms with van der Waals surface area (Å²) in [5.41, 5.74) is 1.97. The van der Waals surface area contributed by atoms with Gasteiger partial charge in [0, 0.05) is 35.8 Å². The number of likely N-dealkylation sites (tertiary alicyclic amines) is 1. The summed E-state index contributed by atoms with van der Waals surface area (Å²) in [6.07, 6.45) is -0.981. The third-order valence-electron chi connectivity index (χ3n) is 8.93. The number of halogens is 1. The second kappa shape index (κ2) is 16.9. The molecule has 1 saturated heterocycles. The fourth-order valence-corrected chi connectivity index (χ4v) is 10.6. The predicted molar refractivity (Wildman–Crippen MR) is 209 cm³/mol. The van der Waals surface area contributed by atoms with Crippen LogP contribution >= 0.6 is 22.6 Å². The molecule has 0 radical (unpaired) electrons. The quantitative estimate of drug-likeness (QED) is 0.141. The van der Waals surface area contributed by atoms with Crippen molar-refractivity contribution < 1.29 is 40.9 Å². The van der Waals surface area contributed by atoms with Gasteiger partial charge in [0.2, 0.25) is 25.9 Å². The number of amides is 1. The smallest absolute Gasteiger partial charge is 0.407 e. The van der Waals surface area contributed by atoms with Crippen molar-refractivity contribution in [2.24, 2.45) is 0 Å². The van der Waals surface area contributed by atoms with Crippen LogP contribution in [-0.4, -0.2) is 97.9 Å². The summed E-state index contributed by atoms with van der Waals surface area (Å²) >= 11 is 1.93. The Morgan fingerprint density at radius 3 is 1.85 bits per heavy atom. The van der Waals surface area contributed by atoms with Gasteiger partial charge in [-0.3, -0.25) is 0 Å². The van der Waals surface area contributed by atoms with Crippen LogP contribution in [0.2, 0.25) is 0 Å². The SMILES string of the molecule is COc1ccc(CN(Cc2ccc(OC)cc2)S(=O)(=O)c2c(S(=O)(=O)N[C@@H]3CCN(C(=O)O)C3)ccc(I)c2-c2nnn(Cc3ccc(OC)cc3)n2)cc1. The number of tetrazole rings is 1. The molecule has 6 rings (SSSR count). The summed E-state index contributed by atoms with van der Waals surface area (Å²) in [7, 11) is -4.75. The standard InChI is InChI=1S/C36H38IN7O9S2/c1-51-28-10-4-24(5-11-28)20-43(21-25-6-12-29(52-2)13-7-25)55(49,50)34-32(54(47,48)40-27-18-19-42(23-27)36(45)46)17-16-31(37)33(34)35-38-41-44(39-35)22-26-8-14-30(53-3)15-9-26/h4-17,27,40H,18-23H2,1-3H3,(H,45,46)/t27-/m1/s1. The van der Waals surface area contributed by atoms with Crippen molar-refractivity contribution in [3.05, 3.63) is 105 Å². The fraction of sp³-hybridized carbons (Fsp3) is 0.278. The van der Waals surface area contributed by atoms with Crippen LogP contribution in [0.3, 0.4) is 0 Å². The van der Waals surface area contributed by atoms with E-state index in [0.717, 1.165) is 10.5 Å². The maximum absolute atomic E-state index is 15.3. The van der Waals surface area contributed by atoms with Crippen LogP contribution in [0.1, 0.15) is 23.1 Å². The minimum Gasteiger partial charge on any atom is -0.497 e. The van der Waals surface area contributed by atoms with Crippen molar-refractivity contribution in [3.8, 4) is 28.6 Å². The molecule has 1 fully saturated rings. The van der Waals surface area contributed by atoms with Crippen molar-refractivity contribution >= 4 is 48.7 Å². The highest BCUT2D eigenvalue weighted by Crippen LogP contribution is 2.38. The zero-order valence-electron chi connectivity index (χ0n) is 30.0. The van der Waals surface area contributed by atoms with E-state index in [1.165, 1.54) is 35.5 Å². The van der Waals surface area contributed by atoms with E-state index in [1.54, 1.807) is 67.8 Å². The molecule has 290 valence electrons. The third kappa shape index (κ3) is 9.18. The van der Waals surface area contributed by atoms with E-state index in [0.29, 0.717) is 31.9 Å². The van der Waals surface area contributed by atoms with Crippen LogP contribution in [0.5, 0.6) is 17.2 Å². The third-order valence-corrected chi connectivity index (χ3v) is 13.4. The number of carboxylic acid groups (broad SMARTS) is 1. The maximum atomic E-state index is 15.3. The number of nitrogens with zero attached hydrogens (tertiary/aromatic N) is 6. The Bertz CT molecular complexity index is 2310. The molecule has 1 aromatic heterocycles. The molecule has 19 heteroatoms. The largest absolute Gasteiger partial charge is 0.497 e. The second-order valence-corrected chi connectivity index (χ2v) is 17.3. The first-order valence-corrected chi connectivity index (χ1v) is 20.8. The van der Waals surface area contributed by atoms with Crippen LogP contribution in [0.4, 0.5) is 4.79 Å². The first-order valence-electron chi connectivity index (χ1n) is 16.8. The zero-order chi connectivity index (χ0) is 39.3. The number of methoxy groups -OCH3 is 3. The zero-order valence-corrected chi connectivity index (χ0v) is 33.8. The van der Waals surface area contributed by atoms with Gasteiger partial charge in [0.1, 0.15) is 27.0 Å². The lowest BCUT2D eigenvalue weighted by molar-refractivity contribution is 0.155. The van der Waals surface area contributed by atoms with E-state index in [4.69, 9.17) is 14.2 Å². The Labute approximate surface area is 332 Å². The van der Waals surface area contributed by atoms with E-state index in [2.05, 4.69) is 20.1 Å². The van der Waals surface area contributed by atoms with E-state index in [-0.39, 0.29) is 50.5 Å². The maximum Gasteiger partial charge on any atom is 0.407 e. The summed E-state index contributed by atoms with van der Waals surface area (Å²) in [6.45, 7) is -0.105. The van der Waals surface area contributed by atoms with Gasteiger partial charge in [-0.05, 0) is 99.4 Å². The molecule has 0 aliphatic carbocycles. The number of benzene rings is 4. The fourth-order valence-electron chi connectivity index (χ4n) is 6.06. The van der Waals surface area contributed by atoms with E-state index < -0.39 is 42.0 Å². The van der Waals surface area contributed by atoms with Crippen LogP contribution < -0.4 is 18.9 Å². The average Bonchev–Trinajstić information content (AvgIpc) is 3.85. The molecule has 55 heavy (non-hydrogen) atoms. The normalized spacial score (nSPS) is 14.6. The lowest BCUT2D eigenvalue weighted by atomic mass is 10.2. The Kier molecular flexibility index (Phi) is 12.2. The number of aromatic nitrogens is 4. The molecule has 0 unspecified atom stereocenters. The Hall–Kier alpha value is -4.83. The van der Waals surface area contributed by atoms with Crippen molar-refractivity contribution in [2.75, 3.05) is 34.4 Å². The topological polar surface area (TPSA) is 195 Å².